The van der Waals surface area contributed by atoms with Crippen LogP contribution in [0.2, 0.25) is 0 Å². The molecule has 0 aromatic carbocycles. The lowest BCUT2D eigenvalue weighted by molar-refractivity contribution is -0.144. The molecule has 0 saturated carbocycles. The summed E-state index contributed by atoms with van der Waals surface area (Å²) in [4.78, 5) is 13.8. The second-order valence-corrected chi connectivity index (χ2v) is 7.29. The summed E-state index contributed by atoms with van der Waals surface area (Å²) in [5.41, 5.74) is -0.493. The van der Waals surface area contributed by atoms with Gasteiger partial charge in [-0.15, -0.1) is 0 Å². The molecule has 4 heteroatoms. The lowest BCUT2D eigenvalue weighted by Gasteiger charge is -2.33. The van der Waals surface area contributed by atoms with Gasteiger partial charge >= 0.3 is 5.97 Å². The molecular weight excluding hydrogens is 240 g/mol. The van der Waals surface area contributed by atoms with Crippen LogP contribution in [-0.4, -0.2) is 47.7 Å². The number of carboxylic acid groups (broad SMARTS) is 1. The Morgan fingerprint density at radius 3 is 2.37 bits per heavy atom. The first-order valence-electron chi connectivity index (χ1n) is 7.26. The van der Waals surface area contributed by atoms with E-state index in [1.165, 1.54) is 6.42 Å². The Morgan fingerprint density at radius 2 is 2.00 bits per heavy atom. The standard InChI is InChI=1S/C15H30N2O2/c1-11(9-15(5,16-6)13(18)19)17-8-7-12(10-17)14(2,3)4/h11-12,16H,7-10H2,1-6H3,(H,18,19). The summed E-state index contributed by atoms with van der Waals surface area (Å²) in [7, 11) is 1.72. The molecule has 3 unspecified atom stereocenters. The van der Waals surface area contributed by atoms with Gasteiger partial charge in [-0.05, 0) is 51.6 Å². The number of likely N-dealkylation sites (N-methyl/N-ethyl adjacent to an activating group) is 1. The molecule has 2 N–H and O–H groups in total. The van der Waals surface area contributed by atoms with Gasteiger partial charge in [0, 0.05) is 12.6 Å². The second kappa shape index (κ2) is 5.80. The van der Waals surface area contributed by atoms with Crippen molar-refractivity contribution < 1.29 is 9.90 Å². The van der Waals surface area contributed by atoms with E-state index >= 15 is 0 Å². The fraction of sp³-hybridized carbons (Fsp3) is 0.933. The zero-order valence-electron chi connectivity index (χ0n) is 13.3. The average molecular weight is 270 g/mol. The van der Waals surface area contributed by atoms with Gasteiger partial charge in [-0.2, -0.15) is 0 Å². The molecule has 19 heavy (non-hydrogen) atoms. The van der Waals surface area contributed by atoms with Crippen LogP contribution in [0.5, 0.6) is 0 Å². The minimum Gasteiger partial charge on any atom is -0.480 e. The third-order valence-corrected chi connectivity index (χ3v) is 4.80. The monoisotopic (exact) mass is 270 g/mol. The molecule has 1 fully saturated rings. The normalized spacial score (nSPS) is 26.1. The zero-order chi connectivity index (χ0) is 14.8. The Kier molecular flexibility index (Phi) is 5.02. The largest absolute Gasteiger partial charge is 0.480 e. The molecular formula is C15H30N2O2. The van der Waals surface area contributed by atoms with Crippen LogP contribution in [0.3, 0.4) is 0 Å². The van der Waals surface area contributed by atoms with Gasteiger partial charge in [-0.25, -0.2) is 0 Å². The predicted molar refractivity (Wildman–Crippen MR) is 78.3 cm³/mol. The van der Waals surface area contributed by atoms with Gasteiger partial charge in [-0.3, -0.25) is 4.79 Å². The fourth-order valence-electron chi connectivity index (χ4n) is 2.91. The van der Waals surface area contributed by atoms with Crippen molar-refractivity contribution in [3.8, 4) is 0 Å². The molecule has 4 nitrogen and oxygen atoms in total. The van der Waals surface area contributed by atoms with Gasteiger partial charge < -0.3 is 15.3 Å². The minimum absolute atomic E-state index is 0.292. The Bertz CT molecular complexity index is 325. The van der Waals surface area contributed by atoms with Crippen molar-refractivity contribution in [3.05, 3.63) is 0 Å². The Labute approximate surface area is 117 Å². The van der Waals surface area contributed by atoms with Gasteiger partial charge in [0.2, 0.25) is 0 Å². The lowest BCUT2D eigenvalue weighted by atomic mass is 9.80. The topological polar surface area (TPSA) is 52.6 Å². The fourth-order valence-corrected chi connectivity index (χ4v) is 2.91. The van der Waals surface area contributed by atoms with Crippen molar-refractivity contribution in [1.82, 2.24) is 10.2 Å². The van der Waals surface area contributed by atoms with Crippen LogP contribution >= 0.6 is 0 Å². The Balaban J connectivity index is 2.61. The average Bonchev–Trinajstić information content (AvgIpc) is 2.77. The summed E-state index contributed by atoms with van der Waals surface area (Å²) in [6.45, 7) is 13.0. The molecule has 0 aromatic heterocycles. The summed E-state index contributed by atoms with van der Waals surface area (Å²) in [6, 6.07) is 0.292. The summed E-state index contributed by atoms with van der Waals surface area (Å²) in [5.74, 6) is -0.0611. The Morgan fingerprint density at radius 1 is 1.42 bits per heavy atom. The SMILES string of the molecule is CNC(C)(CC(C)N1CCC(C(C)(C)C)C1)C(=O)O. The highest BCUT2D eigenvalue weighted by molar-refractivity contribution is 5.78. The summed E-state index contributed by atoms with van der Waals surface area (Å²) in [6.07, 6.45) is 1.85. The van der Waals surface area contributed by atoms with E-state index in [2.05, 4.69) is 37.9 Å². The minimum atomic E-state index is -0.834. The van der Waals surface area contributed by atoms with Crippen LogP contribution in [0, 0.1) is 11.3 Å². The number of nitrogens with one attached hydrogen (secondary N) is 1. The first kappa shape index (κ1) is 16.4. The third kappa shape index (κ3) is 3.93. The number of rotatable bonds is 5. The maximum Gasteiger partial charge on any atom is 0.323 e. The summed E-state index contributed by atoms with van der Waals surface area (Å²) >= 11 is 0. The molecule has 0 aromatic rings. The van der Waals surface area contributed by atoms with Crippen LogP contribution < -0.4 is 5.32 Å². The number of nitrogens with zero attached hydrogens (tertiary/aromatic N) is 1. The highest BCUT2D eigenvalue weighted by Gasteiger charge is 2.38. The first-order chi connectivity index (χ1) is 8.60. The van der Waals surface area contributed by atoms with E-state index in [-0.39, 0.29) is 0 Å². The molecule has 0 aliphatic carbocycles. The van der Waals surface area contributed by atoms with Gasteiger partial charge in [0.15, 0.2) is 0 Å². The second-order valence-electron chi connectivity index (χ2n) is 7.29. The van der Waals surface area contributed by atoms with Crippen molar-refractivity contribution >= 4 is 5.97 Å². The molecule has 0 amide bonds. The van der Waals surface area contributed by atoms with E-state index in [4.69, 9.17) is 0 Å². The maximum atomic E-state index is 11.3. The van der Waals surface area contributed by atoms with E-state index in [0.717, 1.165) is 13.1 Å². The quantitative estimate of drug-likeness (QED) is 0.804. The van der Waals surface area contributed by atoms with Gasteiger partial charge in [-0.1, -0.05) is 20.8 Å². The van der Waals surface area contributed by atoms with Crippen LogP contribution in [0.1, 0.15) is 47.5 Å². The van der Waals surface area contributed by atoms with Crippen molar-refractivity contribution in [3.63, 3.8) is 0 Å². The molecule has 0 radical (unpaired) electrons. The van der Waals surface area contributed by atoms with Gasteiger partial charge in [0.1, 0.15) is 5.54 Å². The van der Waals surface area contributed by atoms with E-state index in [1.54, 1.807) is 14.0 Å². The van der Waals surface area contributed by atoms with E-state index in [0.29, 0.717) is 23.8 Å². The van der Waals surface area contributed by atoms with Crippen LogP contribution in [0.4, 0.5) is 0 Å². The maximum absolute atomic E-state index is 11.3. The van der Waals surface area contributed by atoms with Crippen LogP contribution in [0.25, 0.3) is 0 Å². The zero-order valence-corrected chi connectivity index (χ0v) is 13.3. The molecule has 0 spiro atoms. The molecule has 3 atom stereocenters. The lowest BCUT2D eigenvalue weighted by Crippen LogP contribution is -2.51. The number of hydrogen-bond donors (Lipinski definition) is 2. The highest BCUT2D eigenvalue weighted by Crippen LogP contribution is 2.35. The predicted octanol–water partition coefficient (Wildman–Crippen LogP) is 2.20. The van der Waals surface area contributed by atoms with Gasteiger partial charge in [0.25, 0.3) is 0 Å². The molecule has 1 rings (SSSR count). The van der Waals surface area contributed by atoms with Crippen molar-refractivity contribution in [2.45, 2.75) is 59.0 Å². The van der Waals surface area contributed by atoms with E-state index < -0.39 is 11.5 Å². The number of carbonyl (C=O) groups is 1. The number of hydrogen-bond acceptors (Lipinski definition) is 3. The molecule has 0 bridgehead atoms. The molecule has 1 heterocycles. The van der Waals surface area contributed by atoms with Crippen molar-refractivity contribution in [1.29, 1.82) is 0 Å². The highest BCUT2D eigenvalue weighted by atomic mass is 16.4. The summed E-state index contributed by atoms with van der Waals surface area (Å²) in [5, 5.41) is 12.3. The number of aliphatic carboxylic acids is 1. The molecule has 1 aliphatic rings. The van der Waals surface area contributed by atoms with E-state index in [9.17, 15) is 9.90 Å². The molecule has 1 saturated heterocycles. The molecule has 112 valence electrons. The third-order valence-electron chi connectivity index (χ3n) is 4.80. The van der Waals surface area contributed by atoms with Crippen LogP contribution in [-0.2, 0) is 4.79 Å². The number of carboxylic acids is 1. The van der Waals surface area contributed by atoms with E-state index in [1.807, 2.05) is 0 Å². The Hall–Kier alpha value is -0.610. The van der Waals surface area contributed by atoms with Crippen molar-refractivity contribution in [2.24, 2.45) is 11.3 Å². The first-order valence-corrected chi connectivity index (χ1v) is 7.26. The van der Waals surface area contributed by atoms with Crippen molar-refractivity contribution in [2.75, 3.05) is 20.1 Å². The van der Waals surface area contributed by atoms with Crippen LogP contribution in [0.15, 0.2) is 0 Å². The smallest absolute Gasteiger partial charge is 0.323 e. The molecule has 1 aliphatic heterocycles. The summed E-state index contributed by atoms with van der Waals surface area (Å²) < 4.78 is 0. The van der Waals surface area contributed by atoms with Gasteiger partial charge in [0.05, 0.1) is 0 Å². The number of likely N-dealkylation sites (tertiary alicyclic amines) is 1.